The van der Waals surface area contributed by atoms with Crippen LogP contribution < -0.4 is 4.72 Å². The number of nitrogens with one attached hydrogen (secondary N) is 1. The number of ether oxygens (including phenoxy) is 1. The minimum Gasteiger partial charge on any atom is -0.386 e. The Balaban J connectivity index is 1.50. The number of nitrogens with zero attached hydrogens (tertiary/aromatic N) is 1. The number of anilines is 1. The molecule has 34 heavy (non-hydrogen) atoms. The Morgan fingerprint density at radius 2 is 1.71 bits per heavy atom. The van der Waals surface area contributed by atoms with E-state index in [0.29, 0.717) is 11.1 Å². The first-order valence-electron chi connectivity index (χ1n) is 10.4. The van der Waals surface area contributed by atoms with E-state index >= 15 is 0 Å². The summed E-state index contributed by atoms with van der Waals surface area (Å²) in [6, 6.07) is 15.7. The predicted octanol–water partition coefficient (Wildman–Crippen LogP) is 3.23. The molecule has 3 aromatic rings. The molecule has 1 fully saturated rings. The quantitative estimate of drug-likeness (QED) is 0.533. The van der Waals surface area contributed by atoms with Gasteiger partial charge in [0.1, 0.15) is 24.3 Å². The van der Waals surface area contributed by atoms with E-state index in [0.717, 1.165) is 24.3 Å². The van der Waals surface area contributed by atoms with Gasteiger partial charge in [-0.15, -0.1) is 0 Å². The van der Waals surface area contributed by atoms with Gasteiger partial charge in [0.2, 0.25) is 5.91 Å². The summed E-state index contributed by atoms with van der Waals surface area (Å²) >= 11 is 0. The van der Waals surface area contributed by atoms with Crippen LogP contribution in [-0.4, -0.2) is 43.6 Å². The molecule has 1 aliphatic heterocycles. The summed E-state index contributed by atoms with van der Waals surface area (Å²) in [7, 11) is -3.93. The van der Waals surface area contributed by atoms with Gasteiger partial charge in [-0.2, -0.15) is 0 Å². The number of carbonyl (C=O) groups is 1. The Morgan fingerprint density at radius 3 is 2.38 bits per heavy atom. The molecule has 2 unspecified atom stereocenters. The average molecular weight is 489 g/mol. The van der Waals surface area contributed by atoms with Gasteiger partial charge in [-0.3, -0.25) is 9.52 Å². The van der Waals surface area contributed by atoms with Crippen molar-refractivity contribution < 1.29 is 31.8 Å². The number of sulfonamides is 1. The first-order valence-corrected chi connectivity index (χ1v) is 11.9. The summed E-state index contributed by atoms with van der Waals surface area (Å²) < 4.78 is 59.9. The first-order chi connectivity index (χ1) is 16.2. The Bertz CT molecular complexity index is 1270. The van der Waals surface area contributed by atoms with Crippen LogP contribution in [0.5, 0.6) is 0 Å². The number of aliphatic hydroxyl groups excluding tert-OH is 1. The number of halogens is 2. The topological polar surface area (TPSA) is 95.9 Å². The maximum absolute atomic E-state index is 14.1. The second-order valence-corrected chi connectivity index (χ2v) is 9.50. The monoisotopic (exact) mass is 488 g/mol. The summed E-state index contributed by atoms with van der Waals surface area (Å²) in [5.74, 6) is -1.37. The molecule has 7 nitrogen and oxygen atoms in total. The van der Waals surface area contributed by atoms with Gasteiger partial charge in [-0.25, -0.2) is 17.2 Å². The highest BCUT2D eigenvalue weighted by molar-refractivity contribution is 7.92. The van der Waals surface area contributed by atoms with E-state index in [2.05, 4.69) is 4.72 Å². The number of aliphatic hydroxyl groups is 1. The number of hydrogen-bond donors (Lipinski definition) is 2. The summed E-state index contributed by atoms with van der Waals surface area (Å²) in [5.41, 5.74) is 0.978. The zero-order valence-corrected chi connectivity index (χ0v) is 18.7. The molecule has 0 radical (unpaired) electrons. The molecular weight excluding hydrogens is 466 g/mol. The third-order valence-electron chi connectivity index (χ3n) is 5.53. The Morgan fingerprint density at radius 1 is 1.03 bits per heavy atom. The minimum atomic E-state index is -3.93. The van der Waals surface area contributed by atoms with Crippen LogP contribution in [-0.2, 0) is 26.1 Å². The van der Waals surface area contributed by atoms with E-state index < -0.39 is 33.8 Å². The molecule has 0 saturated carbocycles. The molecule has 1 heterocycles. The van der Waals surface area contributed by atoms with Crippen molar-refractivity contribution in [2.75, 3.05) is 17.9 Å². The molecule has 1 saturated heterocycles. The number of amides is 1. The number of benzene rings is 3. The normalized spacial score (nSPS) is 17.4. The van der Waals surface area contributed by atoms with E-state index in [1.165, 1.54) is 35.2 Å². The number of rotatable bonds is 7. The van der Waals surface area contributed by atoms with E-state index in [-0.39, 0.29) is 36.2 Å². The maximum atomic E-state index is 14.1. The molecule has 0 aromatic heterocycles. The van der Waals surface area contributed by atoms with Gasteiger partial charge in [0.05, 0.1) is 17.5 Å². The van der Waals surface area contributed by atoms with Crippen LogP contribution in [0.15, 0.2) is 77.7 Å². The summed E-state index contributed by atoms with van der Waals surface area (Å²) in [4.78, 5) is 13.8. The molecule has 10 heteroatoms. The van der Waals surface area contributed by atoms with Crippen LogP contribution in [0.3, 0.4) is 0 Å². The molecular formula is C24H22F2N2O5S. The van der Waals surface area contributed by atoms with Gasteiger partial charge in [0.25, 0.3) is 10.0 Å². The standard InChI is InChI=1S/C24H22F2N2O5S/c25-18-7-11-20(12-8-18)34(31,32)27-19-9-5-16(6-10-19)24(30)22-14-33-15-23(29)28(22)13-17-3-1-2-4-21(17)26/h1-12,22,24,27,30H,13-15H2. The van der Waals surface area contributed by atoms with Crippen LogP contribution in [0.2, 0.25) is 0 Å². The van der Waals surface area contributed by atoms with Gasteiger partial charge < -0.3 is 14.7 Å². The lowest BCUT2D eigenvalue weighted by atomic mass is 9.99. The fraction of sp³-hybridized carbons (Fsp3) is 0.208. The minimum absolute atomic E-state index is 0.0217. The second-order valence-electron chi connectivity index (χ2n) is 7.82. The van der Waals surface area contributed by atoms with Crippen molar-refractivity contribution >= 4 is 21.6 Å². The summed E-state index contributed by atoms with van der Waals surface area (Å²) in [6.07, 6.45) is -1.15. The van der Waals surface area contributed by atoms with Gasteiger partial charge in [0, 0.05) is 17.8 Å². The fourth-order valence-electron chi connectivity index (χ4n) is 3.70. The van der Waals surface area contributed by atoms with E-state index in [1.54, 1.807) is 18.2 Å². The molecule has 4 rings (SSSR count). The van der Waals surface area contributed by atoms with Crippen molar-refractivity contribution in [3.8, 4) is 0 Å². The predicted molar refractivity (Wildman–Crippen MR) is 120 cm³/mol. The van der Waals surface area contributed by atoms with Gasteiger partial charge in [-0.1, -0.05) is 30.3 Å². The molecule has 0 bridgehead atoms. The molecule has 2 N–H and O–H groups in total. The smallest absolute Gasteiger partial charge is 0.261 e. The largest absolute Gasteiger partial charge is 0.386 e. The van der Waals surface area contributed by atoms with Crippen LogP contribution in [0.25, 0.3) is 0 Å². The summed E-state index contributed by atoms with van der Waals surface area (Å²) in [6.45, 7) is -0.131. The van der Waals surface area contributed by atoms with Crippen LogP contribution in [0.4, 0.5) is 14.5 Å². The second kappa shape index (κ2) is 9.88. The SMILES string of the molecule is O=C1COCC(C(O)c2ccc(NS(=O)(=O)c3ccc(F)cc3)cc2)N1Cc1ccccc1F. The average Bonchev–Trinajstić information content (AvgIpc) is 2.82. The van der Waals surface area contributed by atoms with Crippen molar-refractivity contribution in [2.45, 2.75) is 23.6 Å². The van der Waals surface area contributed by atoms with E-state index in [1.807, 2.05) is 0 Å². The Kier molecular flexibility index (Phi) is 6.92. The number of hydrogen-bond acceptors (Lipinski definition) is 5. The fourth-order valence-corrected chi connectivity index (χ4v) is 4.76. The molecule has 1 aliphatic rings. The van der Waals surface area contributed by atoms with Gasteiger partial charge in [-0.05, 0) is 48.0 Å². The van der Waals surface area contributed by atoms with Crippen molar-refractivity contribution in [3.05, 3.63) is 95.6 Å². The maximum Gasteiger partial charge on any atom is 0.261 e. The van der Waals surface area contributed by atoms with Crippen LogP contribution >= 0.6 is 0 Å². The lowest BCUT2D eigenvalue weighted by Gasteiger charge is -2.38. The highest BCUT2D eigenvalue weighted by Gasteiger charge is 2.35. The van der Waals surface area contributed by atoms with Crippen molar-refractivity contribution in [2.24, 2.45) is 0 Å². The molecule has 178 valence electrons. The molecule has 0 spiro atoms. The Hall–Kier alpha value is -3.34. The summed E-state index contributed by atoms with van der Waals surface area (Å²) in [5, 5.41) is 11.0. The van der Waals surface area contributed by atoms with Crippen LogP contribution in [0.1, 0.15) is 17.2 Å². The molecule has 3 aromatic carbocycles. The lowest BCUT2D eigenvalue weighted by molar-refractivity contribution is -0.155. The zero-order valence-electron chi connectivity index (χ0n) is 17.9. The van der Waals surface area contributed by atoms with E-state index in [9.17, 15) is 27.1 Å². The van der Waals surface area contributed by atoms with Gasteiger partial charge >= 0.3 is 0 Å². The number of carbonyl (C=O) groups excluding carboxylic acids is 1. The molecule has 2 atom stereocenters. The lowest BCUT2D eigenvalue weighted by Crippen LogP contribution is -2.51. The first kappa shape index (κ1) is 23.8. The molecule has 0 aliphatic carbocycles. The van der Waals surface area contributed by atoms with Gasteiger partial charge in [0.15, 0.2) is 0 Å². The zero-order chi connectivity index (χ0) is 24.3. The van der Waals surface area contributed by atoms with E-state index in [4.69, 9.17) is 4.74 Å². The third kappa shape index (κ3) is 5.24. The van der Waals surface area contributed by atoms with Crippen molar-refractivity contribution in [1.29, 1.82) is 0 Å². The van der Waals surface area contributed by atoms with Crippen molar-refractivity contribution in [3.63, 3.8) is 0 Å². The highest BCUT2D eigenvalue weighted by atomic mass is 32.2. The molecule has 1 amide bonds. The third-order valence-corrected chi connectivity index (χ3v) is 6.92. The number of morpholine rings is 1. The van der Waals surface area contributed by atoms with Crippen LogP contribution in [0, 0.1) is 11.6 Å². The Labute approximate surface area is 195 Å². The highest BCUT2D eigenvalue weighted by Crippen LogP contribution is 2.27. The van der Waals surface area contributed by atoms with Crippen molar-refractivity contribution in [1.82, 2.24) is 4.90 Å².